The fourth-order valence-electron chi connectivity index (χ4n) is 2.85. The topological polar surface area (TPSA) is 92.9 Å². The van der Waals surface area contributed by atoms with Crippen LogP contribution >= 0.6 is 0 Å². The van der Waals surface area contributed by atoms with E-state index in [-0.39, 0.29) is 34.9 Å². The zero-order chi connectivity index (χ0) is 16.3. The molecular formula is C15H20N2O5. The first kappa shape index (κ1) is 16.2. The number of ether oxygens (including phenoxy) is 1. The Morgan fingerprint density at radius 1 is 1.50 bits per heavy atom. The fraction of sp³-hybridized carbons (Fsp3) is 0.533. The van der Waals surface area contributed by atoms with E-state index in [1.807, 2.05) is 0 Å². The number of amides is 1. The maximum Gasteiger partial charge on any atom is 0.311 e. The highest BCUT2D eigenvalue weighted by Crippen LogP contribution is 2.29. The molecule has 0 unspecified atom stereocenters. The summed E-state index contributed by atoms with van der Waals surface area (Å²) in [5.74, 6) is -0.109. The van der Waals surface area contributed by atoms with E-state index in [0.29, 0.717) is 6.54 Å². The first-order valence-electron chi connectivity index (χ1n) is 7.20. The number of nitro groups is 1. The van der Waals surface area contributed by atoms with Crippen molar-refractivity contribution >= 4 is 11.6 Å². The van der Waals surface area contributed by atoms with E-state index < -0.39 is 4.92 Å². The van der Waals surface area contributed by atoms with Crippen LogP contribution in [0.3, 0.4) is 0 Å². The highest BCUT2D eigenvalue weighted by Gasteiger charge is 2.28. The number of aliphatic hydroxyl groups excluding tert-OH is 1. The molecule has 2 atom stereocenters. The van der Waals surface area contributed by atoms with Crippen molar-refractivity contribution in [1.82, 2.24) is 4.90 Å². The molecule has 1 saturated carbocycles. The molecule has 120 valence electrons. The molecule has 2 rings (SSSR count). The van der Waals surface area contributed by atoms with Crippen LogP contribution in [-0.4, -0.2) is 47.6 Å². The molecule has 0 spiro atoms. The number of aliphatic hydroxyl groups is 1. The first-order valence-corrected chi connectivity index (χ1v) is 7.20. The second kappa shape index (κ2) is 6.74. The van der Waals surface area contributed by atoms with Gasteiger partial charge in [-0.2, -0.15) is 0 Å². The van der Waals surface area contributed by atoms with Crippen molar-refractivity contribution in [2.45, 2.75) is 25.4 Å². The zero-order valence-electron chi connectivity index (χ0n) is 12.7. The Kier molecular flexibility index (Phi) is 4.97. The van der Waals surface area contributed by atoms with Crippen LogP contribution in [0.5, 0.6) is 5.75 Å². The molecule has 0 heterocycles. The Morgan fingerprint density at radius 3 is 2.77 bits per heavy atom. The van der Waals surface area contributed by atoms with Crippen LogP contribution in [0.1, 0.15) is 29.6 Å². The zero-order valence-corrected chi connectivity index (χ0v) is 12.7. The highest BCUT2D eigenvalue weighted by atomic mass is 16.6. The quantitative estimate of drug-likeness (QED) is 0.661. The minimum absolute atomic E-state index is 0.0715. The van der Waals surface area contributed by atoms with Gasteiger partial charge in [-0.1, -0.05) is 6.42 Å². The van der Waals surface area contributed by atoms with Crippen LogP contribution in [0, 0.1) is 16.0 Å². The molecule has 1 aromatic carbocycles. The molecule has 1 amide bonds. The fourth-order valence-corrected chi connectivity index (χ4v) is 2.85. The molecule has 1 fully saturated rings. The van der Waals surface area contributed by atoms with Crippen LogP contribution in [0.25, 0.3) is 0 Å². The summed E-state index contributed by atoms with van der Waals surface area (Å²) in [5.41, 5.74) is 0.00476. The minimum atomic E-state index is -0.573. The first-order chi connectivity index (χ1) is 10.4. The maximum absolute atomic E-state index is 12.4. The van der Waals surface area contributed by atoms with E-state index in [2.05, 4.69) is 0 Å². The molecule has 1 aliphatic carbocycles. The summed E-state index contributed by atoms with van der Waals surface area (Å²) in [6.07, 6.45) is 2.24. The van der Waals surface area contributed by atoms with Crippen molar-refractivity contribution in [3.63, 3.8) is 0 Å². The van der Waals surface area contributed by atoms with Crippen LogP contribution in [0.2, 0.25) is 0 Å². The molecule has 22 heavy (non-hydrogen) atoms. The third kappa shape index (κ3) is 3.36. The number of nitrogens with zero attached hydrogens (tertiary/aromatic N) is 2. The Bertz CT molecular complexity index is 575. The Hall–Kier alpha value is -2.15. The molecule has 0 radical (unpaired) electrons. The third-order valence-corrected chi connectivity index (χ3v) is 4.10. The van der Waals surface area contributed by atoms with Gasteiger partial charge in [-0.05, 0) is 25.0 Å². The monoisotopic (exact) mass is 308 g/mol. The third-order valence-electron chi connectivity index (χ3n) is 4.10. The lowest BCUT2D eigenvalue weighted by Crippen LogP contribution is -2.34. The number of carbonyl (C=O) groups is 1. The molecule has 1 aromatic rings. The largest absolute Gasteiger partial charge is 0.490 e. The minimum Gasteiger partial charge on any atom is -0.490 e. The van der Waals surface area contributed by atoms with Crippen molar-refractivity contribution in [1.29, 1.82) is 0 Å². The van der Waals surface area contributed by atoms with Gasteiger partial charge < -0.3 is 14.7 Å². The lowest BCUT2D eigenvalue weighted by atomic mass is 10.0. The smallest absolute Gasteiger partial charge is 0.311 e. The molecule has 0 aliphatic heterocycles. The summed E-state index contributed by atoms with van der Waals surface area (Å²) in [5, 5.41) is 20.8. The van der Waals surface area contributed by atoms with Crippen LogP contribution < -0.4 is 4.74 Å². The Labute approximate surface area is 128 Å². The van der Waals surface area contributed by atoms with E-state index in [0.717, 1.165) is 19.3 Å². The predicted octanol–water partition coefficient (Wildman–Crippen LogP) is 1.84. The van der Waals surface area contributed by atoms with Crippen molar-refractivity contribution in [2.75, 3.05) is 20.7 Å². The van der Waals surface area contributed by atoms with Crippen molar-refractivity contribution in [3.05, 3.63) is 33.9 Å². The van der Waals surface area contributed by atoms with E-state index in [1.54, 1.807) is 7.05 Å². The van der Waals surface area contributed by atoms with Gasteiger partial charge in [0.2, 0.25) is 0 Å². The number of carbonyl (C=O) groups excluding carboxylic acids is 1. The molecule has 0 bridgehead atoms. The number of nitro benzene ring substituents is 1. The van der Waals surface area contributed by atoms with Crippen molar-refractivity contribution in [2.24, 2.45) is 5.92 Å². The Morgan fingerprint density at radius 2 is 2.23 bits per heavy atom. The van der Waals surface area contributed by atoms with Crippen LogP contribution in [0.15, 0.2) is 18.2 Å². The number of benzene rings is 1. The lowest BCUT2D eigenvalue weighted by Gasteiger charge is -2.23. The summed E-state index contributed by atoms with van der Waals surface area (Å²) in [6.45, 7) is 0.444. The van der Waals surface area contributed by atoms with Gasteiger partial charge in [-0.25, -0.2) is 0 Å². The highest BCUT2D eigenvalue weighted by molar-refractivity contribution is 5.95. The van der Waals surface area contributed by atoms with Gasteiger partial charge in [0.05, 0.1) is 18.1 Å². The second-order valence-electron chi connectivity index (χ2n) is 5.59. The van der Waals surface area contributed by atoms with Gasteiger partial charge in [0.1, 0.15) is 0 Å². The average molecular weight is 308 g/mol. The second-order valence-corrected chi connectivity index (χ2v) is 5.59. The normalized spacial score (nSPS) is 20.7. The van der Waals surface area contributed by atoms with E-state index in [4.69, 9.17) is 4.74 Å². The maximum atomic E-state index is 12.4. The lowest BCUT2D eigenvalue weighted by molar-refractivity contribution is -0.385. The van der Waals surface area contributed by atoms with Gasteiger partial charge in [0, 0.05) is 31.1 Å². The predicted molar refractivity (Wildman–Crippen MR) is 80.0 cm³/mol. The Balaban J connectivity index is 2.14. The SMILES string of the molecule is COc1ccc(C(=O)N(C)C[C@H]2CCC[C@H]2O)cc1[N+](=O)[O-]. The summed E-state index contributed by atoms with van der Waals surface area (Å²) < 4.78 is 4.92. The molecule has 0 saturated heterocycles. The number of hydrogen-bond donors (Lipinski definition) is 1. The summed E-state index contributed by atoms with van der Waals surface area (Å²) in [4.78, 5) is 24.3. The molecule has 1 aliphatic rings. The van der Waals surface area contributed by atoms with E-state index >= 15 is 0 Å². The van der Waals surface area contributed by atoms with E-state index in [9.17, 15) is 20.0 Å². The summed E-state index contributed by atoms with van der Waals surface area (Å²) >= 11 is 0. The molecule has 7 heteroatoms. The van der Waals surface area contributed by atoms with Gasteiger partial charge in [0.25, 0.3) is 5.91 Å². The van der Waals surface area contributed by atoms with Gasteiger partial charge in [-0.3, -0.25) is 14.9 Å². The van der Waals surface area contributed by atoms with Crippen molar-refractivity contribution < 1.29 is 19.6 Å². The number of methoxy groups -OCH3 is 1. The molecular weight excluding hydrogens is 288 g/mol. The van der Waals surface area contributed by atoms with Crippen LogP contribution in [-0.2, 0) is 0 Å². The van der Waals surface area contributed by atoms with Gasteiger partial charge in [0.15, 0.2) is 5.75 Å². The standard InChI is InChI=1S/C15H20N2O5/c1-16(9-11-4-3-5-13(11)18)15(19)10-6-7-14(22-2)12(8-10)17(20)21/h6-8,11,13,18H,3-5,9H2,1-2H3/t11-,13-/m1/s1. The van der Waals surface area contributed by atoms with Crippen molar-refractivity contribution in [3.8, 4) is 5.75 Å². The number of rotatable bonds is 5. The molecule has 1 N–H and O–H groups in total. The molecule has 0 aromatic heterocycles. The summed E-state index contributed by atoms with van der Waals surface area (Å²) in [6, 6.07) is 4.15. The average Bonchev–Trinajstić information content (AvgIpc) is 2.90. The van der Waals surface area contributed by atoms with Crippen LogP contribution in [0.4, 0.5) is 5.69 Å². The van der Waals surface area contributed by atoms with Gasteiger partial charge >= 0.3 is 5.69 Å². The summed E-state index contributed by atoms with van der Waals surface area (Å²) in [7, 11) is 2.99. The molecule has 7 nitrogen and oxygen atoms in total. The van der Waals surface area contributed by atoms with Gasteiger partial charge in [-0.15, -0.1) is 0 Å². The van der Waals surface area contributed by atoms with E-state index in [1.165, 1.54) is 30.2 Å². The number of hydrogen-bond acceptors (Lipinski definition) is 5.